The molecule has 1 N–H and O–H groups in total. The number of carbonyl (C=O) groups is 1. The highest BCUT2D eigenvalue weighted by atomic mass is 79.9. The third kappa shape index (κ3) is 2.47. The normalized spacial score (nSPS) is 35.7. The van der Waals surface area contributed by atoms with Crippen molar-refractivity contribution in [2.45, 2.75) is 18.9 Å². The van der Waals surface area contributed by atoms with E-state index in [0.717, 1.165) is 30.7 Å². The Morgan fingerprint density at radius 3 is 2.50 bits per heavy atom. The molecule has 0 aromatic carbocycles. The molecule has 0 saturated carbocycles. The molecule has 3 rings (SSSR count). The van der Waals surface area contributed by atoms with Crippen LogP contribution < -0.4 is 5.32 Å². The van der Waals surface area contributed by atoms with Gasteiger partial charge in [-0.3, -0.25) is 4.79 Å². The number of likely N-dealkylation sites (tertiary alicyclic amines) is 1. The van der Waals surface area contributed by atoms with Gasteiger partial charge in [0.25, 0.3) is 5.91 Å². The second-order valence-corrected chi connectivity index (χ2v) is 7.04. The van der Waals surface area contributed by atoms with Gasteiger partial charge < -0.3 is 15.0 Å². The summed E-state index contributed by atoms with van der Waals surface area (Å²) in [4.78, 5) is 14.4. The van der Waals surface area contributed by atoms with Gasteiger partial charge in [0, 0.05) is 24.0 Å². The zero-order valence-corrected chi connectivity index (χ0v) is 13.2. The molecule has 3 unspecified atom stereocenters. The van der Waals surface area contributed by atoms with E-state index in [1.807, 2.05) is 4.90 Å². The van der Waals surface area contributed by atoms with E-state index < -0.39 is 0 Å². The zero-order valence-electron chi connectivity index (χ0n) is 9.99. The Labute approximate surface area is 123 Å². The van der Waals surface area contributed by atoms with Crippen molar-refractivity contribution < 1.29 is 9.53 Å². The lowest BCUT2D eigenvalue weighted by Gasteiger charge is -2.42. The maximum Gasteiger partial charge on any atom is 0.264 e. The molecular formula is C12H16Br2N2O2. The first-order valence-electron chi connectivity index (χ1n) is 6.34. The van der Waals surface area contributed by atoms with Crippen LogP contribution in [0.1, 0.15) is 12.8 Å². The van der Waals surface area contributed by atoms with Gasteiger partial charge >= 0.3 is 0 Å². The SMILES string of the molecule is O=C(C1CC(Br)=C(Br)O1)N1CC2CNCC(C2)C1. The van der Waals surface area contributed by atoms with Crippen LogP contribution in [0.3, 0.4) is 0 Å². The second-order valence-electron chi connectivity index (χ2n) is 5.36. The minimum absolute atomic E-state index is 0.137. The van der Waals surface area contributed by atoms with Gasteiger partial charge in [0.2, 0.25) is 0 Å². The summed E-state index contributed by atoms with van der Waals surface area (Å²) in [6.45, 7) is 3.82. The highest BCUT2D eigenvalue weighted by Gasteiger charge is 2.38. The summed E-state index contributed by atoms with van der Waals surface area (Å²) in [6, 6.07) is 0. The standard InChI is InChI=1S/C12H16Br2N2O2/c13-9-2-10(18-11(9)14)12(17)16-5-7-1-8(6-16)4-15-3-7/h7-8,10,15H,1-6H2. The molecule has 2 bridgehead atoms. The minimum Gasteiger partial charge on any atom is -0.473 e. The molecule has 3 atom stereocenters. The second kappa shape index (κ2) is 5.13. The third-order valence-corrected chi connectivity index (χ3v) is 5.78. The molecule has 100 valence electrons. The predicted molar refractivity (Wildman–Crippen MR) is 75.4 cm³/mol. The Balaban J connectivity index is 1.63. The van der Waals surface area contributed by atoms with Crippen LogP contribution >= 0.6 is 31.9 Å². The lowest BCUT2D eigenvalue weighted by atomic mass is 9.85. The minimum atomic E-state index is -0.347. The summed E-state index contributed by atoms with van der Waals surface area (Å²) in [5, 5.41) is 3.44. The van der Waals surface area contributed by atoms with E-state index in [0.29, 0.717) is 22.9 Å². The highest BCUT2D eigenvalue weighted by molar-refractivity contribution is 9.14. The van der Waals surface area contributed by atoms with Crippen LogP contribution in [0.25, 0.3) is 0 Å². The molecule has 0 radical (unpaired) electrons. The molecule has 0 aromatic heterocycles. The maximum absolute atomic E-state index is 12.4. The molecule has 3 aliphatic rings. The first kappa shape index (κ1) is 12.9. The lowest BCUT2D eigenvalue weighted by molar-refractivity contribution is -0.143. The fourth-order valence-electron chi connectivity index (χ4n) is 3.10. The number of hydrogen-bond donors (Lipinski definition) is 1. The monoisotopic (exact) mass is 378 g/mol. The van der Waals surface area contributed by atoms with E-state index in [1.165, 1.54) is 6.42 Å². The third-order valence-electron chi connectivity index (χ3n) is 3.90. The summed E-state index contributed by atoms with van der Waals surface area (Å²) in [5.74, 6) is 1.36. The Morgan fingerprint density at radius 2 is 1.94 bits per heavy atom. The van der Waals surface area contributed by atoms with Gasteiger partial charge in [-0.1, -0.05) is 15.9 Å². The molecule has 0 spiro atoms. The van der Waals surface area contributed by atoms with E-state index >= 15 is 0 Å². The molecule has 3 aliphatic heterocycles. The van der Waals surface area contributed by atoms with Crippen molar-refractivity contribution in [1.82, 2.24) is 10.2 Å². The van der Waals surface area contributed by atoms with Gasteiger partial charge in [-0.25, -0.2) is 0 Å². The van der Waals surface area contributed by atoms with Crippen LogP contribution in [0.5, 0.6) is 0 Å². The molecule has 18 heavy (non-hydrogen) atoms. The van der Waals surface area contributed by atoms with E-state index in [9.17, 15) is 4.79 Å². The van der Waals surface area contributed by atoms with Gasteiger partial charge in [-0.15, -0.1) is 0 Å². The molecule has 2 saturated heterocycles. The molecule has 0 aliphatic carbocycles. The largest absolute Gasteiger partial charge is 0.473 e. The van der Waals surface area contributed by atoms with E-state index in [4.69, 9.17) is 4.74 Å². The van der Waals surface area contributed by atoms with E-state index in [-0.39, 0.29) is 12.0 Å². The Bertz CT molecular complexity index is 374. The first-order valence-corrected chi connectivity index (χ1v) is 7.92. The van der Waals surface area contributed by atoms with Crippen molar-refractivity contribution >= 4 is 37.8 Å². The number of hydrogen-bond acceptors (Lipinski definition) is 3. The van der Waals surface area contributed by atoms with Crippen molar-refractivity contribution in [3.05, 3.63) is 9.15 Å². The number of fused-ring (bicyclic) bond motifs is 2. The number of nitrogens with zero attached hydrogens (tertiary/aromatic N) is 1. The van der Waals surface area contributed by atoms with Crippen LogP contribution in [-0.2, 0) is 9.53 Å². The average Bonchev–Trinajstić information content (AvgIpc) is 2.68. The number of halogens is 2. The van der Waals surface area contributed by atoms with Gasteiger partial charge in [0.1, 0.15) is 0 Å². The van der Waals surface area contributed by atoms with Crippen molar-refractivity contribution in [1.29, 1.82) is 0 Å². The summed E-state index contributed by atoms with van der Waals surface area (Å²) < 4.78 is 7.16. The number of amides is 1. The number of nitrogens with one attached hydrogen (secondary N) is 1. The van der Waals surface area contributed by atoms with Gasteiger partial charge in [-0.05, 0) is 47.3 Å². The van der Waals surface area contributed by atoms with Gasteiger partial charge in [0.15, 0.2) is 10.8 Å². The molecule has 1 amide bonds. The fraction of sp³-hybridized carbons (Fsp3) is 0.750. The van der Waals surface area contributed by atoms with E-state index in [2.05, 4.69) is 37.2 Å². The summed E-state index contributed by atoms with van der Waals surface area (Å²) in [5.41, 5.74) is 0. The number of rotatable bonds is 1. The van der Waals surface area contributed by atoms with Crippen LogP contribution in [-0.4, -0.2) is 43.1 Å². The molecule has 0 aromatic rings. The van der Waals surface area contributed by atoms with Crippen LogP contribution in [0.15, 0.2) is 9.15 Å². The molecule has 4 nitrogen and oxygen atoms in total. The number of carbonyl (C=O) groups excluding carboxylic acids is 1. The number of ether oxygens (including phenoxy) is 1. The van der Waals surface area contributed by atoms with Crippen LogP contribution in [0, 0.1) is 11.8 Å². The average molecular weight is 380 g/mol. The first-order chi connectivity index (χ1) is 8.63. The van der Waals surface area contributed by atoms with E-state index in [1.54, 1.807) is 0 Å². The molecular weight excluding hydrogens is 364 g/mol. The summed E-state index contributed by atoms with van der Waals surface area (Å²) >= 11 is 6.73. The quantitative estimate of drug-likeness (QED) is 0.755. The zero-order chi connectivity index (χ0) is 12.7. The van der Waals surface area contributed by atoms with Crippen molar-refractivity contribution in [2.75, 3.05) is 26.2 Å². The maximum atomic E-state index is 12.4. The molecule has 2 fully saturated rings. The van der Waals surface area contributed by atoms with Crippen LogP contribution in [0.2, 0.25) is 0 Å². The van der Waals surface area contributed by atoms with Crippen molar-refractivity contribution in [2.24, 2.45) is 11.8 Å². The Morgan fingerprint density at radius 1 is 1.28 bits per heavy atom. The summed E-state index contributed by atoms with van der Waals surface area (Å²) in [7, 11) is 0. The molecule has 3 heterocycles. The molecule has 6 heteroatoms. The fourth-order valence-corrected chi connectivity index (χ4v) is 3.88. The van der Waals surface area contributed by atoms with Gasteiger partial charge in [0.05, 0.1) is 0 Å². The van der Waals surface area contributed by atoms with Crippen LogP contribution in [0.4, 0.5) is 0 Å². The Hall–Kier alpha value is -0.0700. The number of piperidine rings is 2. The highest BCUT2D eigenvalue weighted by Crippen LogP contribution is 2.35. The topological polar surface area (TPSA) is 41.6 Å². The van der Waals surface area contributed by atoms with Crippen molar-refractivity contribution in [3.8, 4) is 0 Å². The van der Waals surface area contributed by atoms with Crippen molar-refractivity contribution in [3.63, 3.8) is 0 Å². The Kier molecular flexibility index (Phi) is 3.69. The van der Waals surface area contributed by atoms with Gasteiger partial charge in [-0.2, -0.15) is 0 Å². The summed E-state index contributed by atoms with van der Waals surface area (Å²) in [6.07, 6.45) is 1.55. The smallest absolute Gasteiger partial charge is 0.264 e. The predicted octanol–water partition coefficient (Wildman–Crippen LogP) is 1.80. The lowest BCUT2D eigenvalue weighted by Crippen LogP contribution is -2.54.